The quantitative estimate of drug-likeness (QED) is 0.155. The number of hydrogen-bond donors (Lipinski definition) is 7. The van der Waals surface area contributed by atoms with Gasteiger partial charge in [-0.3, -0.25) is 24.0 Å². The molecule has 0 aromatic heterocycles. The number of carboxylic acid groups (broad SMARTS) is 1. The van der Waals surface area contributed by atoms with Gasteiger partial charge in [-0.15, -0.1) is 0 Å². The molecule has 0 aliphatic rings. The zero-order valence-corrected chi connectivity index (χ0v) is 23.3. The van der Waals surface area contributed by atoms with Gasteiger partial charge in [0, 0.05) is 13.3 Å². The van der Waals surface area contributed by atoms with Crippen molar-refractivity contribution in [2.75, 3.05) is 6.54 Å². The van der Waals surface area contributed by atoms with E-state index in [4.69, 9.17) is 21.4 Å². The van der Waals surface area contributed by atoms with Crippen LogP contribution in [0.2, 0.25) is 0 Å². The number of nitrogens with one attached hydrogen (secondary N) is 3. The molecule has 11 N–H and O–H groups in total. The van der Waals surface area contributed by atoms with Gasteiger partial charge in [-0.25, -0.2) is 0 Å². The number of carbonyl (C=O) groups is 5. The molecular formula is C28H41N5O8. The number of aromatic hydroxyl groups is 1. The summed E-state index contributed by atoms with van der Waals surface area (Å²) < 4.78 is 0. The van der Waals surface area contributed by atoms with Crippen molar-refractivity contribution < 1.29 is 39.7 Å². The van der Waals surface area contributed by atoms with Crippen LogP contribution in [0.1, 0.15) is 44.2 Å². The third-order valence-electron chi connectivity index (χ3n) is 5.59. The molecule has 2 rings (SSSR count). The molecule has 3 atom stereocenters. The van der Waals surface area contributed by atoms with E-state index in [-0.39, 0.29) is 30.6 Å². The second-order valence-electron chi connectivity index (χ2n) is 9.13. The summed E-state index contributed by atoms with van der Waals surface area (Å²) in [5.41, 5.74) is 13.0. The van der Waals surface area contributed by atoms with Crippen LogP contribution in [0.4, 0.5) is 0 Å². The fourth-order valence-electron chi connectivity index (χ4n) is 3.54. The third kappa shape index (κ3) is 15.6. The Morgan fingerprint density at radius 1 is 0.854 bits per heavy atom. The molecule has 0 saturated heterocycles. The standard InChI is InChI=1S/C26H35N5O5.C2H4O2.H2O/c1-2-3-9-21(31-25(35)20(27)14-18-10-12-19(32)13-11-18)26(36)29-16-23(33)30-22(24(28)34)15-17-7-5-4-6-8-17;1-2(3)4;/h4-8,10-13,20-22,32H,2-3,9,14-16,27H2,1H3,(H2,28,34)(H,29,36)(H,30,33)(H,31,35);1H3,(H,3,4);1H2/t20-,21+,22-;;/m0../s1. The fourth-order valence-corrected chi connectivity index (χ4v) is 3.54. The third-order valence-corrected chi connectivity index (χ3v) is 5.59. The van der Waals surface area contributed by atoms with Crippen LogP contribution in [-0.4, -0.2) is 70.0 Å². The number of primary amides is 1. The molecular weight excluding hydrogens is 534 g/mol. The van der Waals surface area contributed by atoms with E-state index in [2.05, 4.69) is 16.0 Å². The van der Waals surface area contributed by atoms with Gasteiger partial charge in [-0.2, -0.15) is 0 Å². The number of unbranched alkanes of at least 4 members (excludes halogenated alkanes) is 1. The SMILES string of the molecule is CC(=O)O.CCCC[C@@H](NC(=O)[C@@H](N)Cc1ccc(O)cc1)C(=O)NCC(=O)N[C@@H](Cc1ccccc1)C(N)=O.O. The summed E-state index contributed by atoms with van der Waals surface area (Å²) in [5, 5.41) is 24.5. The van der Waals surface area contributed by atoms with E-state index in [1.165, 1.54) is 12.1 Å². The fraction of sp³-hybridized carbons (Fsp3) is 0.393. The Balaban J connectivity index is 0.00000299. The average Bonchev–Trinajstić information content (AvgIpc) is 2.90. The molecule has 0 unspecified atom stereocenters. The molecule has 226 valence electrons. The molecule has 0 saturated carbocycles. The van der Waals surface area contributed by atoms with E-state index < -0.39 is 47.7 Å². The summed E-state index contributed by atoms with van der Waals surface area (Å²) in [4.78, 5) is 58.6. The van der Waals surface area contributed by atoms with E-state index in [1.54, 1.807) is 12.1 Å². The number of carbonyl (C=O) groups excluding carboxylic acids is 4. The Labute approximate surface area is 239 Å². The van der Waals surface area contributed by atoms with E-state index >= 15 is 0 Å². The second-order valence-corrected chi connectivity index (χ2v) is 9.13. The second kappa shape index (κ2) is 19.6. The smallest absolute Gasteiger partial charge is 0.300 e. The predicted molar refractivity (Wildman–Crippen MR) is 152 cm³/mol. The van der Waals surface area contributed by atoms with Gasteiger partial charge in [0.1, 0.15) is 17.8 Å². The van der Waals surface area contributed by atoms with E-state index in [0.717, 1.165) is 24.5 Å². The van der Waals surface area contributed by atoms with Crippen LogP contribution in [0.15, 0.2) is 54.6 Å². The van der Waals surface area contributed by atoms with Crippen LogP contribution in [0.25, 0.3) is 0 Å². The molecule has 0 radical (unpaired) electrons. The zero-order valence-electron chi connectivity index (χ0n) is 23.3. The molecule has 0 heterocycles. The average molecular weight is 576 g/mol. The zero-order chi connectivity index (χ0) is 30.1. The van der Waals surface area contributed by atoms with Crippen LogP contribution >= 0.6 is 0 Å². The van der Waals surface area contributed by atoms with Gasteiger partial charge >= 0.3 is 0 Å². The first-order valence-corrected chi connectivity index (χ1v) is 12.9. The molecule has 2 aromatic rings. The number of amides is 4. The Morgan fingerprint density at radius 3 is 1.95 bits per heavy atom. The highest BCUT2D eigenvalue weighted by Crippen LogP contribution is 2.11. The monoisotopic (exact) mass is 575 g/mol. The Bertz CT molecular complexity index is 1110. The number of rotatable bonds is 14. The minimum absolute atomic E-state index is 0. The molecule has 13 nitrogen and oxygen atoms in total. The molecule has 0 fully saturated rings. The lowest BCUT2D eigenvalue weighted by Crippen LogP contribution is -2.54. The first-order valence-electron chi connectivity index (χ1n) is 12.9. The van der Waals surface area contributed by atoms with Crippen molar-refractivity contribution in [2.24, 2.45) is 11.5 Å². The number of phenolic OH excluding ortho intramolecular Hbond substituents is 1. The topological polar surface area (TPSA) is 245 Å². The number of benzene rings is 2. The van der Waals surface area contributed by atoms with Gasteiger partial charge in [-0.05, 0) is 36.1 Å². The summed E-state index contributed by atoms with van der Waals surface area (Å²) in [7, 11) is 0. The van der Waals surface area contributed by atoms with Crippen molar-refractivity contribution >= 4 is 29.6 Å². The van der Waals surface area contributed by atoms with Crippen molar-refractivity contribution in [1.29, 1.82) is 0 Å². The molecule has 13 heteroatoms. The molecule has 4 amide bonds. The van der Waals surface area contributed by atoms with Gasteiger partial charge in [0.05, 0.1) is 12.6 Å². The Morgan fingerprint density at radius 2 is 1.41 bits per heavy atom. The number of nitrogens with two attached hydrogens (primary N) is 2. The van der Waals surface area contributed by atoms with Gasteiger partial charge in [0.15, 0.2) is 0 Å². The number of carboxylic acids is 1. The summed E-state index contributed by atoms with van der Waals surface area (Å²) in [6, 6.07) is 12.8. The molecule has 0 aliphatic carbocycles. The van der Waals surface area contributed by atoms with Crippen LogP contribution in [-0.2, 0) is 36.8 Å². The van der Waals surface area contributed by atoms with Gasteiger partial charge in [0.2, 0.25) is 23.6 Å². The van der Waals surface area contributed by atoms with E-state index in [0.29, 0.717) is 12.8 Å². The van der Waals surface area contributed by atoms with Crippen molar-refractivity contribution in [3.8, 4) is 5.75 Å². The highest BCUT2D eigenvalue weighted by Gasteiger charge is 2.25. The van der Waals surface area contributed by atoms with Crippen LogP contribution in [0.3, 0.4) is 0 Å². The normalized spacial score (nSPS) is 12.2. The van der Waals surface area contributed by atoms with Crippen molar-refractivity contribution in [3.05, 3.63) is 65.7 Å². The summed E-state index contributed by atoms with van der Waals surface area (Å²) >= 11 is 0. The number of aliphatic carboxylic acids is 1. The van der Waals surface area contributed by atoms with Crippen LogP contribution in [0.5, 0.6) is 5.75 Å². The molecule has 0 spiro atoms. The van der Waals surface area contributed by atoms with Crippen LogP contribution in [0, 0.1) is 0 Å². The molecule has 2 aromatic carbocycles. The number of hydrogen-bond acceptors (Lipinski definition) is 7. The summed E-state index contributed by atoms with van der Waals surface area (Å²) in [6.45, 7) is 2.66. The van der Waals surface area contributed by atoms with Crippen LogP contribution < -0.4 is 27.4 Å². The van der Waals surface area contributed by atoms with Crippen molar-refractivity contribution in [1.82, 2.24) is 16.0 Å². The maximum Gasteiger partial charge on any atom is 0.300 e. The Kier molecular flexibility index (Phi) is 17.4. The lowest BCUT2D eigenvalue weighted by Gasteiger charge is -2.21. The largest absolute Gasteiger partial charge is 0.508 e. The lowest BCUT2D eigenvalue weighted by molar-refractivity contribution is -0.134. The van der Waals surface area contributed by atoms with Gasteiger partial charge in [-0.1, -0.05) is 62.2 Å². The van der Waals surface area contributed by atoms with Crippen molar-refractivity contribution in [2.45, 2.75) is 64.1 Å². The van der Waals surface area contributed by atoms with E-state index in [9.17, 15) is 24.3 Å². The molecule has 0 bridgehead atoms. The predicted octanol–water partition coefficient (Wildman–Crippen LogP) is -0.468. The minimum atomic E-state index is -0.926. The van der Waals surface area contributed by atoms with Gasteiger partial charge < -0.3 is 43.1 Å². The summed E-state index contributed by atoms with van der Waals surface area (Å²) in [6.07, 6.45) is 2.31. The lowest BCUT2D eigenvalue weighted by atomic mass is 10.0. The van der Waals surface area contributed by atoms with Gasteiger partial charge in [0.25, 0.3) is 5.97 Å². The minimum Gasteiger partial charge on any atom is -0.508 e. The van der Waals surface area contributed by atoms with E-state index in [1.807, 2.05) is 37.3 Å². The summed E-state index contributed by atoms with van der Waals surface area (Å²) in [5.74, 6) is -3.01. The molecule has 41 heavy (non-hydrogen) atoms. The maximum absolute atomic E-state index is 12.8. The highest BCUT2D eigenvalue weighted by atomic mass is 16.4. The first kappa shape index (κ1) is 36.5. The van der Waals surface area contributed by atoms with Crippen molar-refractivity contribution in [3.63, 3.8) is 0 Å². The highest BCUT2D eigenvalue weighted by molar-refractivity contribution is 5.93. The molecule has 0 aliphatic heterocycles. The number of phenols is 1. The first-order chi connectivity index (χ1) is 18.9. The maximum atomic E-state index is 12.8. The Hall–Kier alpha value is -4.49.